The SMILES string of the molecule is O=C(O)C(C1CCCCC1)N1CC(c2ccccc2)C1. The van der Waals surface area contributed by atoms with E-state index in [-0.39, 0.29) is 6.04 Å². The number of carboxylic acid groups (broad SMARTS) is 1. The minimum absolute atomic E-state index is 0.254. The Kier molecular flexibility index (Phi) is 4.06. The maximum absolute atomic E-state index is 11.6. The Labute approximate surface area is 120 Å². The number of hydrogen-bond donors (Lipinski definition) is 1. The third-order valence-corrected chi connectivity index (χ3v) is 4.92. The Morgan fingerprint density at radius 1 is 1.10 bits per heavy atom. The summed E-state index contributed by atoms with van der Waals surface area (Å²) in [5.41, 5.74) is 1.34. The van der Waals surface area contributed by atoms with Crippen molar-refractivity contribution < 1.29 is 9.90 Å². The van der Waals surface area contributed by atoms with Crippen LogP contribution in [0.5, 0.6) is 0 Å². The zero-order valence-corrected chi connectivity index (χ0v) is 11.9. The summed E-state index contributed by atoms with van der Waals surface area (Å²) in [6, 6.07) is 10.2. The predicted octanol–water partition coefficient (Wildman–Crippen LogP) is 3.12. The van der Waals surface area contributed by atoms with Gasteiger partial charge in [0.05, 0.1) is 0 Å². The molecule has 1 unspecified atom stereocenters. The monoisotopic (exact) mass is 273 g/mol. The second-order valence-corrected chi connectivity index (χ2v) is 6.24. The Bertz CT molecular complexity index is 447. The van der Waals surface area contributed by atoms with Crippen LogP contribution in [0, 0.1) is 5.92 Å². The summed E-state index contributed by atoms with van der Waals surface area (Å²) in [5, 5.41) is 9.58. The van der Waals surface area contributed by atoms with Crippen LogP contribution >= 0.6 is 0 Å². The molecule has 1 saturated carbocycles. The van der Waals surface area contributed by atoms with Gasteiger partial charge >= 0.3 is 5.97 Å². The minimum atomic E-state index is -0.622. The van der Waals surface area contributed by atoms with Crippen LogP contribution in [0.25, 0.3) is 0 Å². The molecular weight excluding hydrogens is 250 g/mol. The number of carbonyl (C=O) groups is 1. The van der Waals surface area contributed by atoms with Gasteiger partial charge in [-0.25, -0.2) is 0 Å². The zero-order valence-electron chi connectivity index (χ0n) is 11.9. The van der Waals surface area contributed by atoms with Crippen molar-refractivity contribution in [1.29, 1.82) is 0 Å². The quantitative estimate of drug-likeness (QED) is 0.916. The molecule has 1 N–H and O–H groups in total. The maximum atomic E-state index is 11.6. The van der Waals surface area contributed by atoms with Crippen molar-refractivity contribution >= 4 is 5.97 Å². The van der Waals surface area contributed by atoms with Gasteiger partial charge in [0.2, 0.25) is 0 Å². The van der Waals surface area contributed by atoms with E-state index in [1.165, 1.54) is 24.8 Å². The average molecular weight is 273 g/mol. The van der Waals surface area contributed by atoms with E-state index in [1.807, 2.05) is 6.07 Å². The first-order chi connectivity index (χ1) is 9.75. The molecule has 1 heterocycles. The van der Waals surface area contributed by atoms with Crippen molar-refractivity contribution in [2.75, 3.05) is 13.1 Å². The van der Waals surface area contributed by atoms with Crippen LogP contribution in [0.4, 0.5) is 0 Å². The van der Waals surface area contributed by atoms with Gasteiger partial charge in [0.15, 0.2) is 0 Å². The summed E-state index contributed by atoms with van der Waals surface area (Å²) in [5.74, 6) is 0.253. The molecule has 1 aromatic carbocycles. The van der Waals surface area contributed by atoms with Crippen LogP contribution in [0.1, 0.15) is 43.6 Å². The van der Waals surface area contributed by atoms with Gasteiger partial charge in [-0.1, -0.05) is 49.6 Å². The Hall–Kier alpha value is -1.35. The number of aliphatic carboxylic acids is 1. The zero-order chi connectivity index (χ0) is 13.9. The van der Waals surface area contributed by atoms with E-state index in [9.17, 15) is 9.90 Å². The molecule has 108 valence electrons. The molecule has 20 heavy (non-hydrogen) atoms. The van der Waals surface area contributed by atoms with Gasteiger partial charge in [-0.15, -0.1) is 0 Å². The van der Waals surface area contributed by atoms with E-state index >= 15 is 0 Å². The van der Waals surface area contributed by atoms with Gasteiger partial charge in [0.25, 0.3) is 0 Å². The van der Waals surface area contributed by atoms with Gasteiger partial charge < -0.3 is 5.11 Å². The third kappa shape index (κ3) is 2.73. The first-order valence-corrected chi connectivity index (χ1v) is 7.77. The third-order valence-electron chi connectivity index (χ3n) is 4.92. The van der Waals surface area contributed by atoms with Crippen LogP contribution in [-0.4, -0.2) is 35.1 Å². The molecule has 0 spiro atoms. The lowest BCUT2D eigenvalue weighted by atomic mass is 9.80. The number of benzene rings is 1. The molecule has 0 radical (unpaired) electrons. The highest BCUT2D eigenvalue weighted by Crippen LogP contribution is 2.35. The van der Waals surface area contributed by atoms with E-state index in [0.29, 0.717) is 11.8 Å². The maximum Gasteiger partial charge on any atom is 0.321 e. The van der Waals surface area contributed by atoms with Crippen LogP contribution in [0.15, 0.2) is 30.3 Å². The first-order valence-electron chi connectivity index (χ1n) is 7.77. The second-order valence-electron chi connectivity index (χ2n) is 6.24. The minimum Gasteiger partial charge on any atom is -0.480 e. The number of rotatable bonds is 4. The molecule has 1 atom stereocenters. The molecule has 0 bridgehead atoms. The Morgan fingerprint density at radius 3 is 2.35 bits per heavy atom. The standard InChI is InChI=1S/C17H23NO2/c19-17(20)16(14-9-5-2-6-10-14)18-11-15(12-18)13-7-3-1-4-8-13/h1,3-4,7-8,14-16H,2,5-6,9-12H2,(H,19,20). The fraction of sp³-hybridized carbons (Fsp3) is 0.588. The molecule has 2 aliphatic rings. The lowest BCUT2D eigenvalue weighted by Gasteiger charge is -2.46. The van der Waals surface area contributed by atoms with Gasteiger partial charge in [-0.3, -0.25) is 9.69 Å². The van der Waals surface area contributed by atoms with E-state index in [0.717, 1.165) is 25.9 Å². The van der Waals surface area contributed by atoms with E-state index < -0.39 is 5.97 Å². The van der Waals surface area contributed by atoms with E-state index in [2.05, 4.69) is 29.2 Å². The number of hydrogen-bond acceptors (Lipinski definition) is 2. The van der Waals surface area contributed by atoms with Crippen LogP contribution < -0.4 is 0 Å². The van der Waals surface area contributed by atoms with Crippen molar-refractivity contribution in [3.8, 4) is 0 Å². The summed E-state index contributed by atoms with van der Waals surface area (Å²) in [7, 11) is 0. The molecule has 3 rings (SSSR count). The second kappa shape index (κ2) is 5.96. The van der Waals surface area contributed by atoms with Crippen molar-refractivity contribution in [2.24, 2.45) is 5.92 Å². The highest BCUT2D eigenvalue weighted by Gasteiger charge is 2.41. The van der Waals surface area contributed by atoms with Crippen molar-refractivity contribution in [3.05, 3.63) is 35.9 Å². The number of likely N-dealkylation sites (tertiary alicyclic amines) is 1. The average Bonchev–Trinajstić information content (AvgIpc) is 2.43. The van der Waals surface area contributed by atoms with Gasteiger partial charge in [-0.05, 0) is 24.3 Å². The molecule has 3 nitrogen and oxygen atoms in total. The fourth-order valence-corrected chi connectivity index (χ4v) is 3.78. The molecule has 3 heteroatoms. The largest absolute Gasteiger partial charge is 0.480 e. The Balaban J connectivity index is 1.62. The molecule has 1 aromatic rings. The van der Waals surface area contributed by atoms with Crippen LogP contribution in [-0.2, 0) is 4.79 Å². The molecule has 0 amide bonds. The molecule has 1 aliphatic carbocycles. The number of nitrogens with zero attached hydrogens (tertiary/aromatic N) is 1. The van der Waals surface area contributed by atoms with Crippen LogP contribution in [0.3, 0.4) is 0 Å². The summed E-state index contributed by atoms with van der Waals surface area (Å²) in [6.45, 7) is 1.80. The normalized spacial score (nSPS) is 23.2. The summed E-state index contributed by atoms with van der Waals surface area (Å²) in [4.78, 5) is 13.8. The lowest BCUT2D eigenvalue weighted by molar-refractivity contribution is -0.148. The molecule has 1 saturated heterocycles. The molecule has 0 aromatic heterocycles. The van der Waals surface area contributed by atoms with Crippen molar-refractivity contribution in [3.63, 3.8) is 0 Å². The van der Waals surface area contributed by atoms with E-state index in [4.69, 9.17) is 0 Å². The van der Waals surface area contributed by atoms with Crippen molar-refractivity contribution in [2.45, 2.75) is 44.1 Å². The lowest BCUT2D eigenvalue weighted by Crippen LogP contribution is -2.56. The number of carboxylic acids is 1. The molecule has 1 aliphatic heterocycles. The highest BCUT2D eigenvalue weighted by atomic mass is 16.4. The topological polar surface area (TPSA) is 40.5 Å². The molecule has 2 fully saturated rings. The Morgan fingerprint density at radius 2 is 1.75 bits per heavy atom. The van der Waals surface area contributed by atoms with Gasteiger partial charge in [-0.2, -0.15) is 0 Å². The van der Waals surface area contributed by atoms with Gasteiger partial charge in [0.1, 0.15) is 6.04 Å². The van der Waals surface area contributed by atoms with Gasteiger partial charge in [0, 0.05) is 19.0 Å². The smallest absolute Gasteiger partial charge is 0.321 e. The summed E-state index contributed by atoms with van der Waals surface area (Å²) < 4.78 is 0. The first kappa shape index (κ1) is 13.6. The van der Waals surface area contributed by atoms with Crippen molar-refractivity contribution in [1.82, 2.24) is 4.90 Å². The fourth-order valence-electron chi connectivity index (χ4n) is 3.78. The summed E-state index contributed by atoms with van der Waals surface area (Å²) in [6.07, 6.45) is 5.84. The van der Waals surface area contributed by atoms with E-state index in [1.54, 1.807) is 0 Å². The van der Waals surface area contributed by atoms with Crippen LogP contribution in [0.2, 0.25) is 0 Å². The highest BCUT2D eigenvalue weighted by molar-refractivity contribution is 5.74. The predicted molar refractivity (Wildman–Crippen MR) is 78.8 cm³/mol. The molecular formula is C17H23NO2. The summed E-state index contributed by atoms with van der Waals surface area (Å²) >= 11 is 0.